The number of aliphatic hydroxyl groups excluding tert-OH is 2. The number of nitrogens with one attached hydrogen (secondary N) is 2. The first-order valence-corrected chi connectivity index (χ1v) is 5.56. The standard InChI is InChI=1S/C10H12N4O4/c15-3-7-5(16)1-6(18-7)9-12-8-4(2-11-14-8)10(17)13-9/h2,5-7,15-16H,1,3H2,(H2,11,12,13,14,17)/t5-,6?,7+/m0/s1. The largest absolute Gasteiger partial charge is 0.394 e. The summed E-state index contributed by atoms with van der Waals surface area (Å²) in [5, 5.41) is 25.4. The minimum absolute atomic E-state index is 0.270. The maximum Gasteiger partial charge on any atom is 0.262 e. The third kappa shape index (κ3) is 1.70. The van der Waals surface area contributed by atoms with Crippen molar-refractivity contribution in [2.75, 3.05) is 6.61 Å². The zero-order valence-electron chi connectivity index (χ0n) is 9.33. The van der Waals surface area contributed by atoms with Gasteiger partial charge in [0.05, 0.1) is 18.9 Å². The highest BCUT2D eigenvalue weighted by atomic mass is 16.5. The van der Waals surface area contributed by atoms with Gasteiger partial charge in [0.25, 0.3) is 5.56 Å². The van der Waals surface area contributed by atoms with Gasteiger partial charge >= 0.3 is 0 Å². The molecular formula is C10H12N4O4. The Morgan fingerprint density at radius 2 is 2.39 bits per heavy atom. The van der Waals surface area contributed by atoms with Gasteiger partial charge in [-0.15, -0.1) is 0 Å². The number of aliphatic hydroxyl groups is 2. The number of rotatable bonds is 2. The van der Waals surface area contributed by atoms with E-state index in [1.807, 2.05) is 0 Å². The summed E-state index contributed by atoms with van der Waals surface area (Å²) >= 11 is 0. The minimum Gasteiger partial charge on any atom is -0.394 e. The Morgan fingerprint density at radius 1 is 1.56 bits per heavy atom. The van der Waals surface area contributed by atoms with Crippen LogP contribution in [0.25, 0.3) is 11.0 Å². The fourth-order valence-electron chi connectivity index (χ4n) is 2.08. The van der Waals surface area contributed by atoms with E-state index in [-0.39, 0.29) is 18.6 Å². The number of hydrogen-bond donors (Lipinski definition) is 4. The van der Waals surface area contributed by atoms with Crippen LogP contribution in [0.15, 0.2) is 11.0 Å². The number of H-pyrrole nitrogens is 2. The second-order valence-electron chi connectivity index (χ2n) is 4.23. The summed E-state index contributed by atoms with van der Waals surface area (Å²) in [4.78, 5) is 18.5. The van der Waals surface area contributed by atoms with Gasteiger partial charge in [-0.05, 0) is 0 Å². The summed E-state index contributed by atoms with van der Waals surface area (Å²) < 4.78 is 5.42. The van der Waals surface area contributed by atoms with E-state index < -0.39 is 18.3 Å². The van der Waals surface area contributed by atoms with E-state index in [1.165, 1.54) is 6.20 Å². The average molecular weight is 252 g/mol. The molecule has 2 aromatic heterocycles. The van der Waals surface area contributed by atoms with E-state index >= 15 is 0 Å². The van der Waals surface area contributed by atoms with Crippen LogP contribution in [0.3, 0.4) is 0 Å². The Morgan fingerprint density at radius 3 is 3.11 bits per heavy atom. The van der Waals surface area contributed by atoms with Gasteiger partial charge in [0, 0.05) is 6.42 Å². The smallest absolute Gasteiger partial charge is 0.262 e. The number of aromatic nitrogens is 4. The molecule has 1 unspecified atom stereocenters. The van der Waals surface area contributed by atoms with Gasteiger partial charge in [0.15, 0.2) is 5.65 Å². The predicted octanol–water partition coefficient (Wildman–Crippen LogP) is -1.17. The number of aromatic amines is 2. The van der Waals surface area contributed by atoms with E-state index in [0.29, 0.717) is 16.9 Å². The predicted molar refractivity (Wildman–Crippen MR) is 59.8 cm³/mol. The van der Waals surface area contributed by atoms with Crippen LogP contribution in [-0.2, 0) is 4.74 Å². The van der Waals surface area contributed by atoms with E-state index in [2.05, 4.69) is 20.2 Å². The molecule has 8 nitrogen and oxygen atoms in total. The van der Waals surface area contributed by atoms with Gasteiger partial charge in [0.2, 0.25) is 0 Å². The van der Waals surface area contributed by atoms with E-state index in [1.54, 1.807) is 0 Å². The first-order chi connectivity index (χ1) is 8.69. The van der Waals surface area contributed by atoms with Crippen molar-refractivity contribution in [3.63, 3.8) is 0 Å². The van der Waals surface area contributed by atoms with Gasteiger partial charge in [-0.1, -0.05) is 0 Å². The molecule has 4 N–H and O–H groups in total. The number of fused-ring (bicyclic) bond motifs is 1. The van der Waals surface area contributed by atoms with Crippen molar-refractivity contribution < 1.29 is 14.9 Å². The van der Waals surface area contributed by atoms with E-state index in [0.717, 1.165) is 0 Å². The molecular weight excluding hydrogens is 240 g/mol. The Bertz CT molecular complexity index is 622. The van der Waals surface area contributed by atoms with Crippen molar-refractivity contribution >= 4 is 11.0 Å². The summed E-state index contributed by atoms with van der Waals surface area (Å²) in [6.07, 6.45) is -0.252. The van der Waals surface area contributed by atoms with E-state index in [9.17, 15) is 9.90 Å². The van der Waals surface area contributed by atoms with Crippen molar-refractivity contribution in [3.05, 3.63) is 22.4 Å². The summed E-state index contributed by atoms with van der Waals surface area (Å²) in [6.45, 7) is -0.270. The highest BCUT2D eigenvalue weighted by Crippen LogP contribution is 2.30. The van der Waals surface area contributed by atoms with Gasteiger partial charge < -0.3 is 19.9 Å². The maximum atomic E-state index is 11.7. The molecule has 1 fully saturated rings. The lowest BCUT2D eigenvalue weighted by molar-refractivity contribution is -0.0246. The lowest BCUT2D eigenvalue weighted by Crippen LogP contribution is -2.24. The molecule has 0 bridgehead atoms. The highest BCUT2D eigenvalue weighted by molar-refractivity contribution is 5.72. The van der Waals surface area contributed by atoms with Crippen molar-refractivity contribution in [1.29, 1.82) is 0 Å². The summed E-state index contributed by atoms with van der Waals surface area (Å²) in [5.74, 6) is 0.326. The monoisotopic (exact) mass is 252 g/mol. The summed E-state index contributed by atoms with van der Waals surface area (Å²) in [5.41, 5.74) is 0.0635. The van der Waals surface area contributed by atoms with E-state index in [4.69, 9.17) is 9.84 Å². The minimum atomic E-state index is -0.761. The van der Waals surface area contributed by atoms with Crippen LogP contribution in [0.5, 0.6) is 0 Å². The van der Waals surface area contributed by atoms with Crippen molar-refractivity contribution in [1.82, 2.24) is 20.2 Å². The van der Waals surface area contributed by atoms with Gasteiger partial charge in [-0.3, -0.25) is 9.89 Å². The molecule has 0 aliphatic carbocycles. The van der Waals surface area contributed by atoms with Gasteiger partial charge in [-0.25, -0.2) is 4.98 Å². The molecule has 1 aliphatic heterocycles. The molecule has 3 heterocycles. The van der Waals surface area contributed by atoms with Crippen LogP contribution in [-0.4, -0.2) is 49.2 Å². The summed E-state index contributed by atoms with van der Waals surface area (Å²) in [7, 11) is 0. The topological polar surface area (TPSA) is 124 Å². The molecule has 0 spiro atoms. The molecule has 0 amide bonds. The maximum absolute atomic E-state index is 11.7. The Balaban J connectivity index is 1.98. The normalized spacial score (nSPS) is 28.0. The number of nitrogens with zero attached hydrogens (tertiary/aromatic N) is 2. The second-order valence-corrected chi connectivity index (χ2v) is 4.23. The third-order valence-corrected chi connectivity index (χ3v) is 3.05. The molecule has 8 heteroatoms. The summed E-state index contributed by atoms with van der Waals surface area (Å²) in [6, 6.07) is 0. The van der Waals surface area contributed by atoms with Crippen LogP contribution in [0.4, 0.5) is 0 Å². The molecule has 96 valence electrons. The Hall–Kier alpha value is -1.77. The molecule has 1 aliphatic rings. The molecule has 0 aromatic carbocycles. The molecule has 1 saturated heterocycles. The average Bonchev–Trinajstić information content (AvgIpc) is 2.95. The molecule has 0 saturated carbocycles. The fourth-order valence-corrected chi connectivity index (χ4v) is 2.08. The molecule has 2 aromatic rings. The quantitative estimate of drug-likeness (QED) is 0.534. The third-order valence-electron chi connectivity index (χ3n) is 3.05. The van der Waals surface area contributed by atoms with Crippen LogP contribution in [0.1, 0.15) is 18.3 Å². The second kappa shape index (κ2) is 4.16. The lowest BCUT2D eigenvalue weighted by atomic mass is 10.1. The number of ether oxygens (including phenoxy) is 1. The zero-order valence-corrected chi connectivity index (χ0v) is 9.33. The lowest BCUT2D eigenvalue weighted by Gasteiger charge is -2.11. The highest BCUT2D eigenvalue weighted by Gasteiger charge is 2.35. The van der Waals surface area contributed by atoms with Crippen LogP contribution < -0.4 is 5.56 Å². The van der Waals surface area contributed by atoms with Crippen molar-refractivity contribution in [3.8, 4) is 0 Å². The van der Waals surface area contributed by atoms with Gasteiger partial charge in [0.1, 0.15) is 23.4 Å². The van der Waals surface area contributed by atoms with Crippen molar-refractivity contribution in [2.24, 2.45) is 0 Å². The number of hydrogen-bond acceptors (Lipinski definition) is 6. The first kappa shape index (κ1) is 11.3. The Kier molecular flexibility index (Phi) is 2.62. The van der Waals surface area contributed by atoms with Crippen LogP contribution in [0.2, 0.25) is 0 Å². The SMILES string of the molecule is O=c1[nH]c(C2C[C@H](O)[C@@H](CO)O2)nc2[nH]ncc12. The first-order valence-electron chi connectivity index (χ1n) is 5.56. The fraction of sp³-hybridized carbons (Fsp3) is 0.500. The molecule has 3 atom stereocenters. The molecule has 18 heavy (non-hydrogen) atoms. The zero-order chi connectivity index (χ0) is 12.7. The molecule has 0 radical (unpaired) electrons. The molecule has 3 rings (SSSR count). The Labute approximate surface area is 101 Å². The van der Waals surface area contributed by atoms with Crippen LogP contribution in [0, 0.1) is 0 Å². The van der Waals surface area contributed by atoms with Gasteiger partial charge in [-0.2, -0.15) is 5.10 Å². The van der Waals surface area contributed by atoms with Crippen LogP contribution >= 0.6 is 0 Å². The van der Waals surface area contributed by atoms with Crippen molar-refractivity contribution in [2.45, 2.75) is 24.7 Å².